The van der Waals surface area contributed by atoms with Crippen molar-refractivity contribution in [3.8, 4) is 5.75 Å². The average Bonchev–Trinajstić information content (AvgIpc) is 2.80. The van der Waals surface area contributed by atoms with Gasteiger partial charge in [0, 0.05) is 37.8 Å². The standard InChI is InChI=1S/C26H30N4O/c1-20-3-5-21(6-4-20)26(12-2-13-26)22-7-9-24(10-8-22)31-19-23-11-14-28-25(29-23)30-17-15-27-16-18-30/h3-11,14,27H,2,12-13,15-19H2,1H3. The summed E-state index contributed by atoms with van der Waals surface area (Å²) in [7, 11) is 0. The predicted molar refractivity (Wildman–Crippen MR) is 124 cm³/mol. The second-order valence-electron chi connectivity index (χ2n) is 8.70. The van der Waals surface area contributed by atoms with Gasteiger partial charge in [0.05, 0.1) is 5.69 Å². The Morgan fingerprint density at radius 3 is 2.26 bits per heavy atom. The molecular formula is C26H30N4O. The summed E-state index contributed by atoms with van der Waals surface area (Å²) >= 11 is 0. The molecular weight excluding hydrogens is 384 g/mol. The highest BCUT2D eigenvalue weighted by Crippen LogP contribution is 2.49. The van der Waals surface area contributed by atoms with Crippen LogP contribution >= 0.6 is 0 Å². The SMILES string of the molecule is Cc1ccc(C2(c3ccc(OCc4ccnc(N5CCNCC5)n4)cc3)CCC2)cc1. The zero-order chi connectivity index (χ0) is 21.1. The number of nitrogens with one attached hydrogen (secondary N) is 1. The largest absolute Gasteiger partial charge is 0.487 e. The van der Waals surface area contributed by atoms with Crippen molar-refractivity contribution in [3.63, 3.8) is 0 Å². The molecule has 1 saturated heterocycles. The van der Waals surface area contributed by atoms with E-state index in [0.29, 0.717) is 6.61 Å². The van der Waals surface area contributed by atoms with Gasteiger partial charge in [-0.15, -0.1) is 0 Å². The summed E-state index contributed by atoms with van der Waals surface area (Å²) in [5, 5.41) is 3.36. The number of hydrogen-bond donors (Lipinski definition) is 1. The van der Waals surface area contributed by atoms with Gasteiger partial charge < -0.3 is 15.0 Å². The van der Waals surface area contributed by atoms with Gasteiger partial charge in [-0.3, -0.25) is 0 Å². The van der Waals surface area contributed by atoms with Crippen LogP contribution in [0.4, 0.5) is 5.95 Å². The molecule has 0 bridgehead atoms. The Balaban J connectivity index is 1.26. The zero-order valence-corrected chi connectivity index (χ0v) is 18.2. The fraction of sp³-hybridized carbons (Fsp3) is 0.385. The Labute approximate surface area is 184 Å². The highest BCUT2D eigenvalue weighted by atomic mass is 16.5. The first-order valence-corrected chi connectivity index (χ1v) is 11.3. The van der Waals surface area contributed by atoms with Crippen molar-refractivity contribution in [1.82, 2.24) is 15.3 Å². The number of anilines is 1. The lowest BCUT2D eigenvalue weighted by Gasteiger charge is -2.43. The molecule has 0 spiro atoms. The molecule has 5 nitrogen and oxygen atoms in total. The minimum Gasteiger partial charge on any atom is -0.487 e. The molecule has 1 aliphatic carbocycles. The molecule has 3 aromatic rings. The number of nitrogens with zero attached hydrogens (tertiary/aromatic N) is 3. The zero-order valence-electron chi connectivity index (χ0n) is 18.2. The Hall–Kier alpha value is -2.92. The summed E-state index contributed by atoms with van der Waals surface area (Å²) in [6, 6.07) is 19.6. The van der Waals surface area contributed by atoms with E-state index in [9.17, 15) is 0 Å². The van der Waals surface area contributed by atoms with E-state index in [4.69, 9.17) is 9.72 Å². The Bertz CT molecular complexity index is 1010. The third kappa shape index (κ3) is 4.15. The molecule has 2 aliphatic rings. The lowest BCUT2D eigenvalue weighted by molar-refractivity contribution is 0.294. The van der Waals surface area contributed by atoms with E-state index >= 15 is 0 Å². The summed E-state index contributed by atoms with van der Waals surface area (Å²) in [5.41, 5.74) is 5.20. The normalized spacial score (nSPS) is 17.8. The maximum Gasteiger partial charge on any atom is 0.225 e. The Morgan fingerprint density at radius 2 is 1.61 bits per heavy atom. The molecule has 2 heterocycles. The summed E-state index contributed by atoms with van der Waals surface area (Å²) in [5.74, 6) is 1.67. The van der Waals surface area contributed by atoms with Crippen molar-refractivity contribution in [2.75, 3.05) is 31.1 Å². The summed E-state index contributed by atoms with van der Waals surface area (Å²) in [6.45, 7) is 6.42. The van der Waals surface area contributed by atoms with Crippen molar-refractivity contribution < 1.29 is 4.74 Å². The van der Waals surface area contributed by atoms with Crippen molar-refractivity contribution in [1.29, 1.82) is 0 Å². The number of aryl methyl sites for hydroxylation is 1. The van der Waals surface area contributed by atoms with Crippen LogP contribution in [-0.2, 0) is 12.0 Å². The first kappa shape index (κ1) is 20.0. The topological polar surface area (TPSA) is 50.3 Å². The van der Waals surface area contributed by atoms with Crippen LogP contribution in [0.3, 0.4) is 0 Å². The fourth-order valence-electron chi connectivity index (χ4n) is 4.66. The molecule has 0 unspecified atom stereocenters. The van der Waals surface area contributed by atoms with E-state index in [1.165, 1.54) is 36.0 Å². The van der Waals surface area contributed by atoms with Crippen molar-refractivity contribution in [2.45, 2.75) is 38.2 Å². The van der Waals surface area contributed by atoms with E-state index in [1.54, 1.807) is 0 Å². The van der Waals surface area contributed by atoms with Gasteiger partial charge in [-0.25, -0.2) is 9.97 Å². The predicted octanol–water partition coefficient (Wildman–Crippen LogP) is 4.24. The first-order chi connectivity index (χ1) is 15.2. The number of rotatable bonds is 6. The van der Waals surface area contributed by atoms with E-state index in [0.717, 1.165) is 43.6 Å². The van der Waals surface area contributed by atoms with E-state index in [1.807, 2.05) is 12.3 Å². The van der Waals surface area contributed by atoms with Gasteiger partial charge in [0.1, 0.15) is 12.4 Å². The monoisotopic (exact) mass is 414 g/mol. The van der Waals surface area contributed by atoms with Crippen LogP contribution in [0.1, 0.15) is 41.6 Å². The van der Waals surface area contributed by atoms with Crippen LogP contribution in [0.25, 0.3) is 0 Å². The van der Waals surface area contributed by atoms with Crippen molar-refractivity contribution in [2.24, 2.45) is 0 Å². The van der Waals surface area contributed by atoms with Crippen LogP contribution in [0.5, 0.6) is 5.75 Å². The fourth-order valence-corrected chi connectivity index (χ4v) is 4.66. The van der Waals surface area contributed by atoms with E-state index in [2.05, 4.69) is 70.7 Å². The highest BCUT2D eigenvalue weighted by Gasteiger charge is 2.40. The van der Waals surface area contributed by atoms with Crippen LogP contribution in [0.2, 0.25) is 0 Å². The summed E-state index contributed by atoms with van der Waals surface area (Å²) < 4.78 is 6.05. The van der Waals surface area contributed by atoms with Crippen molar-refractivity contribution >= 4 is 5.95 Å². The third-order valence-corrected chi connectivity index (χ3v) is 6.71. The third-order valence-electron chi connectivity index (χ3n) is 6.71. The maximum absolute atomic E-state index is 6.05. The molecule has 1 N–H and O–H groups in total. The molecule has 0 atom stereocenters. The molecule has 5 rings (SSSR count). The molecule has 1 saturated carbocycles. The lowest BCUT2D eigenvalue weighted by atomic mass is 9.60. The van der Waals surface area contributed by atoms with Gasteiger partial charge in [-0.05, 0) is 49.1 Å². The van der Waals surface area contributed by atoms with Gasteiger partial charge in [0.15, 0.2) is 0 Å². The van der Waals surface area contributed by atoms with E-state index in [-0.39, 0.29) is 5.41 Å². The average molecular weight is 415 g/mol. The number of piperazine rings is 1. The van der Waals surface area contributed by atoms with Crippen molar-refractivity contribution in [3.05, 3.63) is 83.2 Å². The number of aromatic nitrogens is 2. The van der Waals surface area contributed by atoms with Gasteiger partial charge in [-0.2, -0.15) is 0 Å². The quantitative estimate of drug-likeness (QED) is 0.654. The van der Waals surface area contributed by atoms with E-state index < -0.39 is 0 Å². The van der Waals surface area contributed by atoms with Crippen LogP contribution in [0, 0.1) is 6.92 Å². The molecule has 2 aromatic carbocycles. The summed E-state index contributed by atoms with van der Waals surface area (Å²) in [6.07, 6.45) is 5.54. The molecule has 0 amide bonds. The van der Waals surface area contributed by atoms with Crippen LogP contribution in [0.15, 0.2) is 60.8 Å². The first-order valence-electron chi connectivity index (χ1n) is 11.3. The molecule has 1 aromatic heterocycles. The molecule has 5 heteroatoms. The molecule has 2 fully saturated rings. The van der Waals surface area contributed by atoms with Gasteiger partial charge in [0.2, 0.25) is 5.95 Å². The second kappa shape index (κ2) is 8.67. The Morgan fingerprint density at radius 1 is 0.935 bits per heavy atom. The lowest BCUT2D eigenvalue weighted by Crippen LogP contribution is -2.44. The highest BCUT2D eigenvalue weighted by molar-refractivity contribution is 5.44. The number of hydrogen-bond acceptors (Lipinski definition) is 5. The molecule has 160 valence electrons. The number of ether oxygens (including phenoxy) is 1. The molecule has 0 radical (unpaired) electrons. The van der Waals surface area contributed by atoms with Gasteiger partial charge in [-0.1, -0.05) is 48.4 Å². The second-order valence-corrected chi connectivity index (χ2v) is 8.70. The van der Waals surface area contributed by atoms with Crippen LogP contribution in [-0.4, -0.2) is 36.1 Å². The smallest absolute Gasteiger partial charge is 0.225 e. The number of benzene rings is 2. The molecule has 31 heavy (non-hydrogen) atoms. The maximum atomic E-state index is 6.05. The van der Waals surface area contributed by atoms with Crippen LogP contribution < -0.4 is 15.0 Å². The summed E-state index contributed by atoms with van der Waals surface area (Å²) in [4.78, 5) is 11.4. The molecule has 1 aliphatic heterocycles. The Kier molecular flexibility index (Phi) is 5.60. The minimum atomic E-state index is 0.164. The van der Waals surface area contributed by atoms with Gasteiger partial charge >= 0.3 is 0 Å². The minimum absolute atomic E-state index is 0.164. The van der Waals surface area contributed by atoms with Gasteiger partial charge in [0.25, 0.3) is 0 Å².